The van der Waals surface area contributed by atoms with Crippen molar-refractivity contribution in [1.29, 1.82) is 0 Å². The lowest BCUT2D eigenvalue weighted by atomic mass is 9.49. The van der Waals surface area contributed by atoms with Crippen molar-refractivity contribution in [2.45, 2.75) is 51.4 Å². The number of ether oxygens (including phenoxy) is 1. The van der Waals surface area contributed by atoms with Crippen molar-refractivity contribution in [2.24, 2.45) is 29.1 Å². The molecular weight excluding hydrogens is 316 g/mol. The molecule has 4 bridgehead atoms. The summed E-state index contributed by atoms with van der Waals surface area (Å²) >= 11 is 0. The second-order valence-corrected chi connectivity index (χ2v) is 9.30. The van der Waals surface area contributed by atoms with Crippen molar-refractivity contribution < 1.29 is 14.3 Å². The van der Waals surface area contributed by atoms with Gasteiger partial charge in [-0.3, -0.25) is 9.59 Å². The van der Waals surface area contributed by atoms with E-state index >= 15 is 0 Å². The zero-order valence-corrected chi connectivity index (χ0v) is 15.5. The molecule has 1 N–H and O–H groups in total. The van der Waals surface area contributed by atoms with Gasteiger partial charge in [0.05, 0.1) is 6.61 Å². The summed E-state index contributed by atoms with van der Waals surface area (Å²) in [6.07, 6.45) is 9.36. The van der Waals surface area contributed by atoms with Crippen LogP contribution >= 0.6 is 0 Å². The maximum absolute atomic E-state index is 12.6. The highest BCUT2D eigenvalue weighted by Gasteiger charge is 2.51. The van der Waals surface area contributed by atoms with E-state index in [9.17, 15) is 9.59 Å². The Morgan fingerprint density at radius 1 is 1.20 bits per heavy atom. The topological polar surface area (TPSA) is 58.6 Å². The quantitative estimate of drug-likeness (QED) is 0.767. The summed E-state index contributed by atoms with van der Waals surface area (Å²) in [5, 5.41) is 3.15. The maximum atomic E-state index is 12.6. The van der Waals surface area contributed by atoms with Crippen molar-refractivity contribution >= 4 is 11.8 Å². The van der Waals surface area contributed by atoms with Gasteiger partial charge in [0.2, 0.25) is 11.8 Å². The van der Waals surface area contributed by atoms with Gasteiger partial charge in [0.25, 0.3) is 0 Å². The Morgan fingerprint density at radius 2 is 1.84 bits per heavy atom. The van der Waals surface area contributed by atoms with Gasteiger partial charge in [-0.05, 0) is 61.7 Å². The summed E-state index contributed by atoms with van der Waals surface area (Å²) in [6.45, 7) is 2.63. The second-order valence-electron chi connectivity index (χ2n) is 9.30. The van der Waals surface area contributed by atoms with Gasteiger partial charge in [-0.2, -0.15) is 0 Å². The number of rotatable bonds is 7. The number of methoxy groups -OCH3 is 1. The minimum Gasteiger partial charge on any atom is -0.383 e. The van der Waals surface area contributed by atoms with E-state index in [1.54, 1.807) is 7.11 Å². The Morgan fingerprint density at radius 3 is 2.44 bits per heavy atom. The molecule has 5 aliphatic rings. The summed E-state index contributed by atoms with van der Waals surface area (Å²) in [6, 6.07) is 0. The third-order valence-electron chi connectivity index (χ3n) is 7.15. The highest BCUT2D eigenvalue weighted by atomic mass is 16.5. The lowest BCUT2D eigenvalue weighted by molar-refractivity contribution is -0.130. The van der Waals surface area contributed by atoms with Crippen molar-refractivity contribution in [2.75, 3.05) is 33.4 Å². The molecule has 0 aromatic carbocycles. The van der Waals surface area contributed by atoms with E-state index in [0.717, 1.165) is 24.3 Å². The van der Waals surface area contributed by atoms with Gasteiger partial charge in [-0.1, -0.05) is 0 Å². The molecule has 0 aromatic rings. The van der Waals surface area contributed by atoms with Crippen LogP contribution in [0.4, 0.5) is 0 Å². The normalized spacial score (nSPS) is 39.2. The van der Waals surface area contributed by atoms with E-state index in [2.05, 4.69) is 5.32 Å². The highest BCUT2D eigenvalue weighted by Crippen LogP contribution is 2.61. The molecule has 25 heavy (non-hydrogen) atoms. The molecule has 4 aliphatic carbocycles. The van der Waals surface area contributed by atoms with Crippen molar-refractivity contribution in [3.63, 3.8) is 0 Å². The molecule has 4 saturated carbocycles. The minimum absolute atomic E-state index is 0.192. The van der Waals surface area contributed by atoms with Gasteiger partial charge in [0.1, 0.15) is 0 Å². The fraction of sp³-hybridized carbons (Fsp3) is 0.900. The number of carbonyl (C=O) groups excluding carboxylic acids is 2. The summed E-state index contributed by atoms with van der Waals surface area (Å²) in [4.78, 5) is 26.4. The zero-order chi connectivity index (χ0) is 17.4. The third kappa shape index (κ3) is 3.71. The SMILES string of the molecule is COCCN1C[C@H](CNC(=O)CC23CC4CC(CC(C4)C2)C3)CC1=O. The lowest BCUT2D eigenvalue weighted by Crippen LogP contribution is -2.48. The molecule has 5 nitrogen and oxygen atoms in total. The van der Waals surface area contributed by atoms with Crippen LogP contribution in [0.5, 0.6) is 0 Å². The molecule has 140 valence electrons. The predicted octanol–water partition coefficient (Wildman–Crippen LogP) is 2.20. The number of hydrogen-bond donors (Lipinski definition) is 1. The first kappa shape index (κ1) is 17.3. The molecule has 0 spiro atoms. The molecule has 1 atom stereocenters. The fourth-order valence-corrected chi connectivity index (χ4v) is 6.58. The summed E-state index contributed by atoms with van der Waals surface area (Å²) in [5.41, 5.74) is 0.300. The Hall–Kier alpha value is -1.10. The average Bonchev–Trinajstić information content (AvgIpc) is 2.89. The van der Waals surface area contributed by atoms with Gasteiger partial charge in [-0.15, -0.1) is 0 Å². The monoisotopic (exact) mass is 348 g/mol. The van der Waals surface area contributed by atoms with Crippen LogP contribution in [0.3, 0.4) is 0 Å². The number of hydrogen-bond acceptors (Lipinski definition) is 3. The standard InChI is InChI=1S/C20H32N2O3/c1-25-3-2-22-13-17(7-19(22)24)12-21-18(23)11-20-8-14-4-15(9-20)6-16(5-14)10-20/h14-17H,2-13H2,1H3,(H,21,23)/t14?,15?,16?,17-,20?/m0/s1. The first-order valence-electron chi connectivity index (χ1n) is 10.1. The van der Waals surface area contributed by atoms with Gasteiger partial charge in [-0.25, -0.2) is 0 Å². The number of likely N-dealkylation sites (tertiary alicyclic amines) is 1. The molecule has 2 amide bonds. The minimum atomic E-state index is 0.192. The van der Waals surface area contributed by atoms with E-state index in [-0.39, 0.29) is 17.7 Å². The molecule has 5 fully saturated rings. The third-order valence-corrected chi connectivity index (χ3v) is 7.15. The number of nitrogens with zero attached hydrogens (tertiary/aromatic N) is 1. The van der Waals surface area contributed by atoms with Gasteiger partial charge in [0, 0.05) is 45.5 Å². The molecule has 0 unspecified atom stereocenters. The molecule has 0 aromatic heterocycles. The Labute approximate surface area is 150 Å². The number of nitrogens with one attached hydrogen (secondary N) is 1. The zero-order valence-electron chi connectivity index (χ0n) is 15.5. The number of amides is 2. The Bertz CT molecular complexity index is 498. The number of carbonyl (C=O) groups is 2. The van der Waals surface area contributed by atoms with Crippen molar-refractivity contribution in [1.82, 2.24) is 10.2 Å². The van der Waals surface area contributed by atoms with E-state index < -0.39 is 0 Å². The summed E-state index contributed by atoms with van der Waals surface area (Å²) in [7, 11) is 1.66. The lowest BCUT2D eigenvalue weighted by Gasteiger charge is -2.56. The van der Waals surface area contributed by atoms with E-state index in [0.29, 0.717) is 38.0 Å². The van der Waals surface area contributed by atoms with Crippen LogP contribution in [-0.4, -0.2) is 50.1 Å². The molecule has 5 rings (SSSR count). The van der Waals surface area contributed by atoms with Crippen LogP contribution in [0.25, 0.3) is 0 Å². The average molecular weight is 348 g/mol. The predicted molar refractivity (Wildman–Crippen MR) is 94.8 cm³/mol. The van der Waals surface area contributed by atoms with Crippen LogP contribution in [0.1, 0.15) is 51.4 Å². The largest absolute Gasteiger partial charge is 0.383 e. The van der Waals surface area contributed by atoms with Gasteiger partial charge in [0.15, 0.2) is 0 Å². The smallest absolute Gasteiger partial charge is 0.223 e. The fourth-order valence-electron chi connectivity index (χ4n) is 6.58. The van der Waals surface area contributed by atoms with E-state index in [4.69, 9.17) is 4.74 Å². The van der Waals surface area contributed by atoms with Crippen LogP contribution in [-0.2, 0) is 14.3 Å². The van der Waals surface area contributed by atoms with Gasteiger partial charge >= 0.3 is 0 Å². The van der Waals surface area contributed by atoms with Crippen LogP contribution in [0.2, 0.25) is 0 Å². The van der Waals surface area contributed by atoms with Crippen molar-refractivity contribution in [3.05, 3.63) is 0 Å². The van der Waals surface area contributed by atoms with E-state index in [1.807, 2.05) is 4.90 Å². The summed E-state index contributed by atoms with van der Waals surface area (Å²) in [5.74, 6) is 3.33. The molecule has 1 saturated heterocycles. The summed E-state index contributed by atoms with van der Waals surface area (Å²) < 4.78 is 5.06. The van der Waals surface area contributed by atoms with Crippen LogP contribution < -0.4 is 5.32 Å². The van der Waals surface area contributed by atoms with E-state index in [1.165, 1.54) is 38.5 Å². The first-order chi connectivity index (χ1) is 12.0. The second kappa shape index (κ2) is 6.90. The van der Waals surface area contributed by atoms with Crippen LogP contribution in [0.15, 0.2) is 0 Å². The Kier molecular flexibility index (Phi) is 4.78. The first-order valence-corrected chi connectivity index (χ1v) is 10.1. The molecule has 5 heteroatoms. The molecule has 0 radical (unpaired) electrons. The maximum Gasteiger partial charge on any atom is 0.223 e. The molecule has 1 heterocycles. The highest BCUT2D eigenvalue weighted by molar-refractivity contribution is 5.79. The van der Waals surface area contributed by atoms with Crippen molar-refractivity contribution in [3.8, 4) is 0 Å². The van der Waals surface area contributed by atoms with Crippen LogP contribution in [0, 0.1) is 29.1 Å². The molecular formula is C20H32N2O3. The molecule has 1 aliphatic heterocycles. The Balaban J connectivity index is 1.24. The van der Waals surface area contributed by atoms with Gasteiger partial charge < -0.3 is 15.0 Å².